The summed E-state index contributed by atoms with van der Waals surface area (Å²) in [6.45, 7) is 5.94. The zero-order chi connectivity index (χ0) is 17.8. The van der Waals surface area contributed by atoms with Gasteiger partial charge in [0.1, 0.15) is 0 Å². The first kappa shape index (κ1) is 19.2. The number of hydrogen-bond acceptors (Lipinski definition) is 3. The van der Waals surface area contributed by atoms with Gasteiger partial charge in [0, 0.05) is 11.8 Å². The van der Waals surface area contributed by atoms with Gasteiger partial charge in [0.05, 0.1) is 4.90 Å². The molecular formula is C16H25N3O3S. The highest BCUT2D eigenvalue weighted by atomic mass is 32.2. The van der Waals surface area contributed by atoms with Crippen LogP contribution in [0.25, 0.3) is 0 Å². The average Bonchev–Trinajstić information content (AvgIpc) is 2.45. The summed E-state index contributed by atoms with van der Waals surface area (Å²) in [7, 11) is -3.47. The maximum Gasteiger partial charge on any atom is 0.280 e. The summed E-state index contributed by atoms with van der Waals surface area (Å²) in [4.78, 5) is 15.9. The number of amides is 1. The van der Waals surface area contributed by atoms with Crippen LogP contribution in [0.15, 0.2) is 22.0 Å². The number of aliphatic imine (C=N–C) groups is 1. The molecular weight excluding hydrogens is 314 g/mol. The van der Waals surface area contributed by atoms with Crippen molar-refractivity contribution in [2.45, 2.75) is 50.8 Å². The van der Waals surface area contributed by atoms with E-state index in [0.29, 0.717) is 6.42 Å². The van der Waals surface area contributed by atoms with Crippen molar-refractivity contribution < 1.29 is 13.2 Å². The lowest BCUT2D eigenvalue weighted by molar-refractivity contribution is 0.100. The van der Waals surface area contributed by atoms with Crippen molar-refractivity contribution in [2.24, 2.45) is 16.5 Å². The third kappa shape index (κ3) is 4.54. The SMILES string of the molecule is CCc1cc(C(CC)CC)c(S(C)(=O)=O)cc1C(=O)N=C(N)N. The van der Waals surface area contributed by atoms with Crippen LogP contribution in [0.2, 0.25) is 0 Å². The second kappa shape index (κ2) is 7.59. The number of benzene rings is 1. The van der Waals surface area contributed by atoms with E-state index in [2.05, 4.69) is 4.99 Å². The van der Waals surface area contributed by atoms with Crippen LogP contribution < -0.4 is 11.5 Å². The quantitative estimate of drug-likeness (QED) is 0.607. The van der Waals surface area contributed by atoms with Crippen molar-refractivity contribution in [1.82, 2.24) is 0 Å². The van der Waals surface area contributed by atoms with E-state index in [4.69, 9.17) is 11.5 Å². The summed E-state index contributed by atoms with van der Waals surface area (Å²) in [5, 5.41) is 0. The molecule has 1 aromatic rings. The van der Waals surface area contributed by atoms with Gasteiger partial charge >= 0.3 is 0 Å². The van der Waals surface area contributed by atoms with Gasteiger partial charge in [-0.3, -0.25) is 4.79 Å². The number of carbonyl (C=O) groups is 1. The van der Waals surface area contributed by atoms with Crippen molar-refractivity contribution in [3.8, 4) is 0 Å². The van der Waals surface area contributed by atoms with Crippen molar-refractivity contribution in [1.29, 1.82) is 0 Å². The molecule has 1 rings (SSSR count). The van der Waals surface area contributed by atoms with E-state index in [-0.39, 0.29) is 22.3 Å². The Balaban J connectivity index is 3.71. The van der Waals surface area contributed by atoms with Gasteiger partial charge in [0.2, 0.25) is 0 Å². The molecule has 128 valence electrons. The molecule has 0 atom stereocenters. The second-order valence-corrected chi connectivity index (χ2v) is 7.51. The number of carbonyl (C=O) groups excluding carboxylic acids is 1. The van der Waals surface area contributed by atoms with Crippen molar-refractivity contribution in [3.05, 3.63) is 28.8 Å². The number of guanidine groups is 1. The molecule has 0 fully saturated rings. The molecule has 1 amide bonds. The lowest BCUT2D eigenvalue weighted by Crippen LogP contribution is -2.24. The van der Waals surface area contributed by atoms with Gasteiger partial charge in [0.25, 0.3) is 5.91 Å². The highest BCUT2D eigenvalue weighted by molar-refractivity contribution is 7.90. The van der Waals surface area contributed by atoms with E-state index < -0.39 is 15.7 Å². The minimum atomic E-state index is -3.47. The molecule has 0 aliphatic rings. The Morgan fingerprint density at radius 2 is 1.74 bits per heavy atom. The summed E-state index contributed by atoms with van der Waals surface area (Å²) >= 11 is 0. The Kier molecular flexibility index (Phi) is 6.32. The third-order valence-electron chi connectivity index (χ3n) is 3.90. The number of hydrogen-bond donors (Lipinski definition) is 2. The lowest BCUT2D eigenvalue weighted by Gasteiger charge is -2.19. The molecule has 0 aliphatic heterocycles. The average molecular weight is 339 g/mol. The molecule has 0 saturated heterocycles. The molecule has 0 radical (unpaired) electrons. The van der Waals surface area contributed by atoms with Gasteiger partial charge in [-0.25, -0.2) is 8.42 Å². The van der Waals surface area contributed by atoms with E-state index in [1.54, 1.807) is 0 Å². The molecule has 0 aliphatic carbocycles. The maximum atomic E-state index is 12.2. The smallest absolute Gasteiger partial charge is 0.280 e. The Hall–Kier alpha value is -1.89. The van der Waals surface area contributed by atoms with Crippen LogP contribution in [0.4, 0.5) is 0 Å². The van der Waals surface area contributed by atoms with Crippen LogP contribution in [0.3, 0.4) is 0 Å². The fourth-order valence-corrected chi connectivity index (χ4v) is 3.67. The largest absolute Gasteiger partial charge is 0.370 e. The summed E-state index contributed by atoms with van der Waals surface area (Å²) < 4.78 is 24.4. The van der Waals surface area contributed by atoms with Crippen molar-refractivity contribution in [3.63, 3.8) is 0 Å². The monoisotopic (exact) mass is 339 g/mol. The van der Waals surface area contributed by atoms with Crippen molar-refractivity contribution in [2.75, 3.05) is 6.26 Å². The fraction of sp³-hybridized carbons (Fsp3) is 0.500. The first-order chi connectivity index (χ1) is 10.6. The Labute approximate surface area is 137 Å². The fourth-order valence-electron chi connectivity index (χ4n) is 2.68. The molecule has 23 heavy (non-hydrogen) atoms. The summed E-state index contributed by atoms with van der Waals surface area (Å²) in [5.41, 5.74) is 12.2. The Morgan fingerprint density at radius 3 is 2.13 bits per heavy atom. The van der Waals surface area contributed by atoms with Crippen LogP contribution in [-0.2, 0) is 16.3 Å². The topological polar surface area (TPSA) is 116 Å². The number of sulfone groups is 1. The molecule has 4 N–H and O–H groups in total. The van der Waals surface area contributed by atoms with Gasteiger partial charge in [0.15, 0.2) is 15.8 Å². The minimum absolute atomic E-state index is 0.122. The number of rotatable bonds is 6. The van der Waals surface area contributed by atoms with Gasteiger partial charge < -0.3 is 11.5 Å². The van der Waals surface area contributed by atoms with E-state index in [1.807, 2.05) is 26.8 Å². The Bertz CT molecular complexity index is 716. The number of nitrogens with two attached hydrogens (primary N) is 2. The molecule has 0 saturated carbocycles. The summed E-state index contributed by atoms with van der Waals surface area (Å²) in [6.07, 6.45) is 3.37. The molecule has 0 aromatic heterocycles. The standard InChI is InChI=1S/C16H25N3O3S/c1-5-10(6-2)12-8-11(7-3)13(15(20)19-16(17)18)9-14(12)23(4,21)22/h8-10H,5-7H2,1-4H3,(H4,17,18,19,20). The number of aryl methyl sites for hydroxylation is 1. The first-order valence-corrected chi connectivity index (χ1v) is 9.55. The second-order valence-electron chi connectivity index (χ2n) is 5.53. The van der Waals surface area contributed by atoms with Gasteiger partial charge in [-0.05, 0) is 42.4 Å². The first-order valence-electron chi connectivity index (χ1n) is 7.66. The van der Waals surface area contributed by atoms with E-state index in [9.17, 15) is 13.2 Å². The van der Waals surface area contributed by atoms with E-state index >= 15 is 0 Å². The van der Waals surface area contributed by atoms with Crippen LogP contribution in [0.1, 0.15) is 61.0 Å². The van der Waals surface area contributed by atoms with Gasteiger partial charge in [-0.2, -0.15) is 4.99 Å². The predicted molar refractivity (Wildman–Crippen MR) is 92.4 cm³/mol. The normalized spacial score (nSPS) is 11.5. The zero-order valence-electron chi connectivity index (χ0n) is 14.1. The molecule has 0 bridgehead atoms. The van der Waals surface area contributed by atoms with Gasteiger partial charge in [-0.15, -0.1) is 0 Å². The van der Waals surface area contributed by atoms with Crippen LogP contribution in [-0.4, -0.2) is 26.5 Å². The van der Waals surface area contributed by atoms with Crippen LogP contribution >= 0.6 is 0 Å². The molecule has 0 heterocycles. The summed E-state index contributed by atoms with van der Waals surface area (Å²) in [6, 6.07) is 3.22. The third-order valence-corrected chi connectivity index (χ3v) is 5.05. The van der Waals surface area contributed by atoms with Gasteiger partial charge in [-0.1, -0.05) is 26.8 Å². The molecule has 0 unspecified atom stereocenters. The van der Waals surface area contributed by atoms with E-state index in [0.717, 1.165) is 30.2 Å². The highest BCUT2D eigenvalue weighted by Crippen LogP contribution is 2.32. The molecule has 7 heteroatoms. The zero-order valence-corrected chi connectivity index (χ0v) is 14.9. The highest BCUT2D eigenvalue weighted by Gasteiger charge is 2.23. The summed E-state index contributed by atoms with van der Waals surface area (Å²) in [5.74, 6) is -0.845. The molecule has 1 aromatic carbocycles. The lowest BCUT2D eigenvalue weighted by atomic mass is 9.90. The van der Waals surface area contributed by atoms with E-state index in [1.165, 1.54) is 6.07 Å². The number of nitrogens with zero attached hydrogens (tertiary/aromatic N) is 1. The maximum absolute atomic E-state index is 12.2. The van der Waals surface area contributed by atoms with Crippen LogP contribution in [0, 0.1) is 0 Å². The Morgan fingerprint density at radius 1 is 1.17 bits per heavy atom. The van der Waals surface area contributed by atoms with Crippen LogP contribution in [0.5, 0.6) is 0 Å². The molecule has 6 nitrogen and oxygen atoms in total. The minimum Gasteiger partial charge on any atom is -0.370 e. The van der Waals surface area contributed by atoms with Crippen molar-refractivity contribution >= 4 is 21.7 Å². The molecule has 0 spiro atoms. The predicted octanol–water partition coefficient (Wildman–Crippen LogP) is 1.97.